The van der Waals surface area contributed by atoms with Crippen LogP contribution < -0.4 is 10.1 Å². The summed E-state index contributed by atoms with van der Waals surface area (Å²) in [6.07, 6.45) is 3.41. The molecule has 1 atom stereocenters. The molecule has 22 heavy (non-hydrogen) atoms. The lowest BCUT2D eigenvalue weighted by Gasteiger charge is -2.23. The number of nitrogens with zero attached hydrogens (tertiary/aromatic N) is 2. The molecule has 0 aliphatic rings. The lowest BCUT2D eigenvalue weighted by molar-refractivity contribution is -0.125. The Morgan fingerprint density at radius 2 is 2.05 bits per heavy atom. The number of methoxy groups -OCH3 is 1. The molecule has 0 bridgehead atoms. The fourth-order valence-electron chi connectivity index (χ4n) is 2.35. The van der Waals surface area contributed by atoms with E-state index in [1.807, 2.05) is 55.4 Å². The molecule has 0 radical (unpaired) electrons. The summed E-state index contributed by atoms with van der Waals surface area (Å²) in [5.74, 6) is 0.703. The van der Waals surface area contributed by atoms with Crippen molar-refractivity contribution < 1.29 is 9.53 Å². The number of hydrogen-bond donors (Lipinski definition) is 1. The summed E-state index contributed by atoms with van der Waals surface area (Å²) >= 11 is 0. The quantitative estimate of drug-likeness (QED) is 0.886. The van der Waals surface area contributed by atoms with Crippen LogP contribution in [0, 0.1) is 0 Å². The van der Waals surface area contributed by atoms with Gasteiger partial charge in [-0.2, -0.15) is 0 Å². The second-order valence-corrected chi connectivity index (χ2v) is 5.18. The second kappa shape index (κ2) is 7.56. The Morgan fingerprint density at radius 3 is 2.68 bits per heavy atom. The molecule has 0 saturated carbocycles. The molecule has 5 nitrogen and oxygen atoms in total. The van der Waals surface area contributed by atoms with Crippen molar-refractivity contribution >= 4 is 5.91 Å². The highest BCUT2D eigenvalue weighted by Crippen LogP contribution is 2.19. The van der Waals surface area contributed by atoms with E-state index in [4.69, 9.17) is 4.74 Å². The highest BCUT2D eigenvalue weighted by atomic mass is 16.5. The van der Waals surface area contributed by atoms with E-state index in [1.54, 1.807) is 19.5 Å². The topological polar surface area (TPSA) is 54.5 Å². The largest absolute Gasteiger partial charge is 0.496 e. The molecule has 5 heteroatoms. The molecule has 0 aliphatic heterocycles. The minimum Gasteiger partial charge on any atom is -0.496 e. The second-order valence-electron chi connectivity index (χ2n) is 5.18. The van der Waals surface area contributed by atoms with Crippen molar-refractivity contribution in [1.29, 1.82) is 0 Å². The fraction of sp³-hybridized carbons (Fsp3) is 0.294. The maximum atomic E-state index is 12.5. The Labute approximate surface area is 130 Å². The van der Waals surface area contributed by atoms with Gasteiger partial charge in [-0.1, -0.05) is 24.3 Å². The molecule has 0 spiro atoms. The van der Waals surface area contributed by atoms with Gasteiger partial charge in [0.15, 0.2) is 0 Å². The molecular formula is C17H21N3O2. The van der Waals surface area contributed by atoms with E-state index in [0.29, 0.717) is 6.54 Å². The van der Waals surface area contributed by atoms with Crippen LogP contribution in [0.15, 0.2) is 48.8 Å². The number of hydrogen-bond acceptors (Lipinski definition) is 4. The molecule has 0 saturated heterocycles. The van der Waals surface area contributed by atoms with Crippen LogP contribution >= 0.6 is 0 Å². The number of amides is 1. The Kier molecular flexibility index (Phi) is 5.49. The van der Waals surface area contributed by atoms with Crippen LogP contribution in [0.2, 0.25) is 0 Å². The Hall–Kier alpha value is -2.40. The number of aromatic nitrogens is 1. The zero-order valence-electron chi connectivity index (χ0n) is 13.1. The molecule has 1 aromatic heterocycles. The predicted molar refractivity (Wildman–Crippen MR) is 85.5 cm³/mol. The van der Waals surface area contributed by atoms with Crippen molar-refractivity contribution in [2.45, 2.75) is 12.6 Å². The van der Waals surface area contributed by atoms with Gasteiger partial charge in [-0.05, 0) is 31.8 Å². The Balaban J connectivity index is 2.09. The average molecular weight is 299 g/mol. The van der Waals surface area contributed by atoms with Crippen molar-refractivity contribution in [3.8, 4) is 5.75 Å². The third-order valence-electron chi connectivity index (χ3n) is 3.41. The molecule has 2 rings (SSSR count). The van der Waals surface area contributed by atoms with Crippen molar-refractivity contribution in [2.75, 3.05) is 21.2 Å². The minimum atomic E-state index is -0.372. The predicted octanol–water partition coefficient (Wildman–Crippen LogP) is 2.01. The molecule has 1 heterocycles. The molecule has 2 aromatic rings. The first-order valence-electron chi connectivity index (χ1n) is 7.09. The van der Waals surface area contributed by atoms with Gasteiger partial charge in [0.2, 0.25) is 5.91 Å². The van der Waals surface area contributed by atoms with E-state index in [1.165, 1.54) is 0 Å². The van der Waals surface area contributed by atoms with Gasteiger partial charge in [0.1, 0.15) is 11.8 Å². The van der Waals surface area contributed by atoms with Gasteiger partial charge >= 0.3 is 0 Å². The molecule has 0 aliphatic carbocycles. The van der Waals surface area contributed by atoms with E-state index >= 15 is 0 Å². The molecule has 116 valence electrons. The van der Waals surface area contributed by atoms with Gasteiger partial charge in [-0.15, -0.1) is 0 Å². The number of ether oxygens (including phenoxy) is 1. The zero-order valence-corrected chi connectivity index (χ0v) is 13.1. The van der Waals surface area contributed by atoms with E-state index in [9.17, 15) is 4.79 Å². The molecule has 1 unspecified atom stereocenters. The molecular weight excluding hydrogens is 278 g/mol. The summed E-state index contributed by atoms with van der Waals surface area (Å²) in [4.78, 5) is 18.5. The van der Waals surface area contributed by atoms with Crippen LogP contribution in [-0.4, -0.2) is 37.0 Å². The van der Waals surface area contributed by atoms with Crippen molar-refractivity contribution in [1.82, 2.24) is 15.2 Å². The highest BCUT2D eigenvalue weighted by molar-refractivity contribution is 5.83. The summed E-state index contributed by atoms with van der Waals surface area (Å²) in [5.41, 5.74) is 1.81. The molecule has 1 N–H and O–H groups in total. The Bertz CT molecular complexity index is 614. The van der Waals surface area contributed by atoms with Crippen LogP contribution in [0.25, 0.3) is 0 Å². The van der Waals surface area contributed by atoms with E-state index in [-0.39, 0.29) is 11.9 Å². The first-order valence-corrected chi connectivity index (χ1v) is 7.09. The minimum absolute atomic E-state index is 0.0658. The number of carbonyl (C=O) groups is 1. The van der Waals surface area contributed by atoms with Crippen molar-refractivity contribution in [2.24, 2.45) is 0 Å². The van der Waals surface area contributed by atoms with Crippen molar-refractivity contribution in [3.05, 3.63) is 59.9 Å². The van der Waals surface area contributed by atoms with Crippen LogP contribution in [0.1, 0.15) is 17.2 Å². The number of para-hydroxylation sites is 1. The summed E-state index contributed by atoms with van der Waals surface area (Å²) in [6.45, 7) is 0.424. The van der Waals surface area contributed by atoms with Gasteiger partial charge in [0.05, 0.1) is 7.11 Å². The standard InChI is InChI=1S/C17H21N3O2/c1-20(2)16(14-8-6-10-18-11-14)17(21)19-12-13-7-4-5-9-15(13)22-3/h4-11,16H,12H2,1-3H3,(H,19,21). The Morgan fingerprint density at radius 1 is 1.27 bits per heavy atom. The van der Waals surface area contributed by atoms with Gasteiger partial charge in [-0.3, -0.25) is 14.7 Å². The van der Waals surface area contributed by atoms with Crippen LogP contribution in [0.3, 0.4) is 0 Å². The third-order valence-corrected chi connectivity index (χ3v) is 3.41. The number of nitrogens with one attached hydrogen (secondary N) is 1. The van der Waals surface area contributed by atoms with Gasteiger partial charge < -0.3 is 10.1 Å². The van der Waals surface area contributed by atoms with Gasteiger partial charge in [0.25, 0.3) is 0 Å². The lowest BCUT2D eigenvalue weighted by atomic mass is 10.1. The third kappa shape index (κ3) is 3.83. The normalized spacial score (nSPS) is 12.0. The monoisotopic (exact) mass is 299 g/mol. The number of rotatable bonds is 6. The summed E-state index contributed by atoms with van der Waals surface area (Å²) in [5, 5.41) is 2.97. The number of pyridine rings is 1. The highest BCUT2D eigenvalue weighted by Gasteiger charge is 2.22. The van der Waals surface area contributed by atoms with E-state index in [2.05, 4.69) is 10.3 Å². The smallest absolute Gasteiger partial charge is 0.242 e. The summed E-state index contributed by atoms with van der Waals surface area (Å²) in [6, 6.07) is 11.0. The molecule has 0 fully saturated rings. The summed E-state index contributed by atoms with van der Waals surface area (Å²) < 4.78 is 5.30. The van der Waals surface area contributed by atoms with Crippen LogP contribution in [0.4, 0.5) is 0 Å². The maximum absolute atomic E-state index is 12.5. The zero-order chi connectivity index (χ0) is 15.9. The fourth-order valence-corrected chi connectivity index (χ4v) is 2.35. The number of carbonyl (C=O) groups excluding carboxylic acids is 1. The first kappa shape index (κ1) is 16.0. The molecule has 1 aromatic carbocycles. The molecule has 1 amide bonds. The van der Waals surface area contributed by atoms with Gasteiger partial charge in [0, 0.05) is 24.5 Å². The lowest BCUT2D eigenvalue weighted by Crippen LogP contribution is -2.36. The van der Waals surface area contributed by atoms with E-state index < -0.39 is 0 Å². The summed E-state index contributed by atoms with van der Waals surface area (Å²) in [7, 11) is 5.37. The SMILES string of the molecule is COc1ccccc1CNC(=O)C(c1cccnc1)N(C)C. The first-order chi connectivity index (χ1) is 10.6. The van der Waals surface area contributed by atoms with Crippen LogP contribution in [0.5, 0.6) is 5.75 Å². The average Bonchev–Trinajstić information content (AvgIpc) is 2.54. The number of likely N-dealkylation sites (N-methyl/N-ethyl adjacent to an activating group) is 1. The van der Waals surface area contributed by atoms with Gasteiger partial charge in [-0.25, -0.2) is 0 Å². The van der Waals surface area contributed by atoms with Crippen molar-refractivity contribution in [3.63, 3.8) is 0 Å². The number of benzene rings is 1. The maximum Gasteiger partial charge on any atom is 0.242 e. The van der Waals surface area contributed by atoms with E-state index in [0.717, 1.165) is 16.9 Å². The van der Waals surface area contributed by atoms with Crippen LogP contribution in [-0.2, 0) is 11.3 Å².